The van der Waals surface area contributed by atoms with E-state index in [-0.39, 0.29) is 23.6 Å². The minimum Gasteiger partial charge on any atom is -0.491 e. The second-order valence-corrected chi connectivity index (χ2v) is 7.90. The van der Waals surface area contributed by atoms with Gasteiger partial charge >= 0.3 is 0 Å². The van der Waals surface area contributed by atoms with Crippen LogP contribution in [0.15, 0.2) is 84.6 Å². The first-order valence-corrected chi connectivity index (χ1v) is 10.8. The number of hydrogen-bond acceptors (Lipinski definition) is 4. The Labute approximate surface area is 188 Å². The number of aryl methyl sites for hydroxylation is 1. The highest BCUT2D eigenvalue weighted by molar-refractivity contribution is 6.46. The highest BCUT2D eigenvalue weighted by atomic mass is 16.5. The van der Waals surface area contributed by atoms with Crippen molar-refractivity contribution in [1.82, 2.24) is 0 Å². The van der Waals surface area contributed by atoms with E-state index in [9.17, 15) is 9.59 Å². The van der Waals surface area contributed by atoms with Gasteiger partial charge in [0.2, 0.25) is 0 Å². The molecule has 0 unspecified atom stereocenters. The highest BCUT2D eigenvalue weighted by Gasteiger charge is 2.40. The Kier molecular flexibility index (Phi) is 6.08. The van der Waals surface area contributed by atoms with Crippen LogP contribution in [0.25, 0.3) is 5.57 Å². The summed E-state index contributed by atoms with van der Waals surface area (Å²) in [5, 5.41) is 3.20. The van der Waals surface area contributed by atoms with Crippen molar-refractivity contribution in [1.29, 1.82) is 0 Å². The predicted molar refractivity (Wildman–Crippen MR) is 128 cm³/mol. The summed E-state index contributed by atoms with van der Waals surface area (Å²) in [6.45, 7) is 5.98. The lowest BCUT2D eigenvalue weighted by Crippen LogP contribution is -2.32. The molecule has 3 aromatic carbocycles. The first kappa shape index (κ1) is 21.4. The van der Waals surface area contributed by atoms with E-state index in [2.05, 4.69) is 12.2 Å². The number of carbonyl (C=O) groups excluding carboxylic acids is 2. The number of rotatable bonds is 7. The molecule has 5 heteroatoms. The fraction of sp³-hybridized carbons (Fsp3) is 0.185. The van der Waals surface area contributed by atoms with Crippen LogP contribution in [0.1, 0.15) is 31.9 Å². The Bertz CT molecular complexity index is 1150. The van der Waals surface area contributed by atoms with E-state index < -0.39 is 0 Å². The van der Waals surface area contributed by atoms with Gasteiger partial charge in [0.1, 0.15) is 11.4 Å². The zero-order valence-corrected chi connectivity index (χ0v) is 18.5. The lowest BCUT2D eigenvalue weighted by molar-refractivity contribution is -0.120. The van der Waals surface area contributed by atoms with Gasteiger partial charge in [-0.25, -0.2) is 4.90 Å². The molecule has 32 heavy (non-hydrogen) atoms. The lowest BCUT2D eigenvalue weighted by Gasteiger charge is -2.17. The van der Waals surface area contributed by atoms with E-state index in [0.717, 1.165) is 12.1 Å². The molecule has 0 saturated heterocycles. The van der Waals surface area contributed by atoms with Crippen LogP contribution in [0, 0.1) is 0 Å². The lowest BCUT2D eigenvalue weighted by atomic mass is 10.0. The van der Waals surface area contributed by atoms with Crippen LogP contribution in [0.4, 0.5) is 11.4 Å². The Balaban J connectivity index is 1.71. The van der Waals surface area contributed by atoms with E-state index in [0.29, 0.717) is 22.6 Å². The summed E-state index contributed by atoms with van der Waals surface area (Å²) < 4.78 is 5.68. The maximum atomic E-state index is 13.5. The maximum absolute atomic E-state index is 13.5. The van der Waals surface area contributed by atoms with E-state index in [4.69, 9.17) is 4.74 Å². The Morgan fingerprint density at radius 1 is 0.844 bits per heavy atom. The fourth-order valence-electron chi connectivity index (χ4n) is 3.67. The molecule has 1 aliphatic heterocycles. The first-order chi connectivity index (χ1) is 15.5. The van der Waals surface area contributed by atoms with Crippen LogP contribution in [0.5, 0.6) is 5.75 Å². The summed E-state index contributed by atoms with van der Waals surface area (Å²) in [5.41, 5.74) is 3.79. The van der Waals surface area contributed by atoms with E-state index >= 15 is 0 Å². The molecule has 5 nitrogen and oxygen atoms in total. The maximum Gasteiger partial charge on any atom is 0.282 e. The topological polar surface area (TPSA) is 58.6 Å². The number of carbonyl (C=O) groups is 2. The summed E-state index contributed by atoms with van der Waals surface area (Å²) in [7, 11) is 0. The zero-order chi connectivity index (χ0) is 22.7. The molecule has 0 aromatic heterocycles. The number of nitrogens with one attached hydrogen (secondary N) is 1. The smallest absolute Gasteiger partial charge is 0.282 e. The third-order valence-corrected chi connectivity index (χ3v) is 5.24. The largest absolute Gasteiger partial charge is 0.491 e. The molecule has 1 aliphatic rings. The molecule has 0 saturated carbocycles. The number of ether oxygens (including phenoxy) is 1. The quantitative estimate of drug-likeness (QED) is 0.512. The van der Waals surface area contributed by atoms with Crippen molar-refractivity contribution in [3.8, 4) is 5.75 Å². The second kappa shape index (κ2) is 9.10. The molecule has 4 rings (SSSR count). The Morgan fingerprint density at radius 2 is 1.50 bits per heavy atom. The summed E-state index contributed by atoms with van der Waals surface area (Å²) in [5.74, 6) is -0.0502. The van der Waals surface area contributed by atoms with E-state index in [1.807, 2.05) is 68.4 Å². The molecule has 162 valence electrons. The van der Waals surface area contributed by atoms with Crippen molar-refractivity contribution < 1.29 is 14.3 Å². The van der Waals surface area contributed by atoms with Crippen molar-refractivity contribution in [2.24, 2.45) is 0 Å². The number of nitrogens with zero attached hydrogens (tertiary/aromatic N) is 1. The molecule has 0 radical (unpaired) electrons. The summed E-state index contributed by atoms with van der Waals surface area (Å²) in [6.07, 6.45) is 0.970. The van der Waals surface area contributed by atoms with Crippen molar-refractivity contribution in [3.05, 3.63) is 95.7 Å². The fourth-order valence-corrected chi connectivity index (χ4v) is 3.67. The third kappa shape index (κ3) is 4.28. The van der Waals surface area contributed by atoms with Gasteiger partial charge in [-0.05, 0) is 67.8 Å². The number of benzene rings is 3. The third-order valence-electron chi connectivity index (χ3n) is 5.24. The highest BCUT2D eigenvalue weighted by Crippen LogP contribution is 2.34. The molecule has 1 N–H and O–H groups in total. The van der Waals surface area contributed by atoms with Crippen molar-refractivity contribution in [2.45, 2.75) is 33.3 Å². The van der Waals surface area contributed by atoms with Crippen molar-refractivity contribution >= 4 is 28.8 Å². The molecule has 0 bridgehead atoms. The average Bonchev–Trinajstić information content (AvgIpc) is 3.04. The molecular weight excluding hydrogens is 400 g/mol. The van der Waals surface area contributed by atoms with Gasteiger partial charge in [0.25, 0.3) is 11.8 Å². The van der Waals surface area contributed by atoms with Crippen LogP contribution in [0.3, 0.4) is 0 Å². The van der Waals surface area contributed by atoms with Gasteiger partial charge in [0.05, 0.1) is 17.4 Å². The number of anilines is 2. The molecule has 0 spiro atoms. The molecule has 2 amide bonds. The Morgan fingerprint density at radius 3 is 2.09 bits per heavy atom. The molecule has 0 fully saturated rings. The number of hydrogen-bond donors (Lipinski definition) is 1. The van der Waals surface area contributed by atoms with E-state index in [1.165, 1.54) is 10.5 Å². The van der Waals surface area contributed by atoms with Gasteiger partial charge in [0.15, 0.2) is 0 Å². The van der Waals surface area contributed by atoms with Crippen LogP contribution in [-0.2, 0) is 16.0 Å². The van der Waals surface area contributed by atoms with Crippen LogP contribution >= 0.6 is 0 Å². The summed E-state index contributed by atoms with van der Waals surface area (Å²) in [6, 6.07) is 24.1. The van der Waals surface area contributed by atoms with Crippen LogP contribution in [0.2, 0.25) is 0 Å². The van der Waals surface area contributed by atoms with E-state index in [1.54, 1.807) is 24.3 Å². The normalized spacial score (nSPS) is 13.8. The van der Waals surface area contributed by atoms with Gasteiger partial charge in [-0.1, -0.05) is 49.4 Å². The molecule has 3 aromatic rings. The average molecular weight is 427 g/mol. The van der Waals surface area contributed by atoms with Gasteiger partial charge < -0.3 is 10.1 Å². The predicted octanol–water partition coefficient (Wildman–Crippen LogP) is 5.43. The second-order valence-electron chi connectivity index (χ2n) is 7.90. The SMILES string of the molecule is CCc1ccc(NC2=C(c3ccccc3)C(=O)N(c3ccc(OC(C)C)cc3)C2=O)cc1. The van der Waals surface area contributed by atoms with Crippen molar-refractivity contribution in [2.75, 3.05) is 10.2 Å². The number of amides is 2. The summed E-state index contributed by atoms with van der Waals surface area (Å²) in [4.78, 5) is 28.1. The van der Waals surface area contributed by atoms with Gasteiger partial charge in [-0.15, -0.1) is 0 Å². The van der Waals surface area contributed by atoms with Gasteiger partial charge in [0, 0.05) is 5.69 Å². The van der Waals surface area contributed by atoms with Crippen LogP contribution in [-0.4, -0.2) is 17.9 Å². The van der Waals surface area contributed by atoms with Gasteiger partial charge in [-0.2, -0.15) is 0 Å². The zero-order valence-electron chi connectivity index (χ0n) is 18.5. The summed E-state index contributed by atoms with van der Waals surface area (Å²) >= 11 is 0. The molecule has 0 atom stereocenters. The van der Waals surface area contributed by atoms with Crippen LogP contribution < -0.4 is 15.0 Å². The number of imide groups is 1. The standard InChI is InChI=1S/C27H26N2O3/c1-4-19-10-12-21(13-11-19)28-25-24(20-8-6-5-7-9-20)26(30)29(27(25)31)22-14-16-23(17-15-22)32-18(2)3/h5-18,28H,4H2,1-3H3. The first-order valence-electron chi connectivity index (χ1n) is 10.8. The molecular formula is C27H26N2O3. The molecule has 0 aliphatic carbocycles. The van der Waals surface area contributed by atoms with Crippen molar-refractivity contribution in [3.63, 3.8) is 0 Å². The Hall–Kier alpha value is -3.86. The minimum atomic E-state index is -0.383. The molecule has 1 heterocycles. The van der Waals surface area contributed by atoms with Gasteiger partial charge in [-0.3, -0.25) is 9.59 Å². The monoisotopic (exact) mass is 426 g/mol. The minimum absolute atomic E-state index is 0.0390.